The summed E-state index contributed by atoms with van der Waals surface area (Å²) in [6, 6.07) is 1.98. The molecular formula is C15H17F3N2O3. The Labute approximate surface area is 131 Å². The Hall–Kier alpha value is -2.12. The molecule has 126 valence electrons. The lowest BCUT2D eigenvalue weighted by Gasteiger charge is -2.32. The highest BCUT2D eigenvalue weighted by atomic mass is 19.4. The zero-order valence-corrected chi connectivity index (χ0v) is 12.3. The summed E-state index contributed by atoms with van der Waals surface area (Å²) < 4.78 is 39.0. The van der Waals surface area contributed by atoms with Crippen molar-refractivity contribution in [2.75, 3.05) is 13.1 Å². The molecule has 0 bridgehead atoms. The number of rotatable bonds is 4. The van der Waals surface area contributed by atoms with Crippen molar-refractivity contribution in [3.63, 3.8) is 0 Å². The molecule has 1 fully saturated rings. The third kappa shape index (κ3) is 4.43. The third-order valence-corrected chi connectivity index (χ3v) is 3.89. The smallest absolute Gasteiger partial charge is 0.418 e. The van der Waals surface area contributed by atoms with Crippen molar-refractivity contribution in [2.24, 2.45) is 5.92 Å². The van der Waals surface area contributed by atoms with Crippen LogP contribution < -0.4 is 0 Å². The molecule has 1 aromatic heterocycles. The van der Waals surface area contributed by atoms with Crippen LogP contribution in [0.2, 0.25) is 0 Å². The summed E-state index contributed by atoms with van der Waals surface area (Å²) >= 11 is 0. The van der Waals surface area contributed by atoms with Crippen LogP contribution in [0.1, 0.15) is 41.7 Å². The van der Waals surface area contributed by atoms with Crippen LogP contribution in [0.15, 0.2) is 18.3 Å². The lowest BCUT2D eigenvalue weighted by atomic mass is 9.93. The number of nitrogens with zero attached hydrogens (tertiary/aromatic N) is 2. The number of hydrogen-bond donors (Lipinski definition) is 1. The number of carboxylic acid groups (broad SMARTS) is 1. The molecule has 1 aliphatic rings. The van der Waals surface area contributed by atoms with E-state index >= 15 is 0 Å². The van der Waals surface area contributed by atoms with Gasteiger partial charge in [0.25, 0.3) is 5.91 Å². The first-order valence-electron chi connectivity index (χ1n) is 7.32. The van der Waals surface area contributed by atoms with Gasteiger partial charge in [-0.25, -0.2) is 0 Å². The number of carbonyl (C=O) groups excluding carboxylic acids is 1. The molecular weight excluding hydrogens is 313 g/mol. The number of aromatic nitrogens is 1. The molecule has 0 radical (unpaired) electrons. The van der Waals surface area contributed by atoms with E-state index in [1.807, 2.05) is 0 Å². The maximum absolute atomic E-state index is 13.0. The van der Waals surface area contributed by atoms with Gasteiger partial charge >= 0.3 is 12.1 Å². The topological polar surface area (TPSA) is 70.5 Å². The number of aliphatic carboxylic acids is 1. The van der Waals surface area contributed by atoms with Crippen LogP contribution in [-0.4, -0.2) is 40.0 Å². The molecule has 1 atom stereocenters. The number of alkyl halides is 3. The van der Waals surface area contributed by atoms with E-state index in [4.69, 9.17) is 5.11 Å². The zero-order valence-electron chi connectivity index (χ0n) is 12.3. The van der Waals surface area contributed by atoms with Gasteiger partial charge in [0.05, 0.1) is 5.56 Å². The summed E-state index contributed by atoms with van der Waals surface area (Å²) in [7, 11) is 0. The Kier molecular flexibility index (Phi) is 5.23. The summed E-state index contributed by atoms with van der Waals surface area (Å²) in [6.45, 7) is 0.621. The molecule has 1 aromatic rings. The summed E-state index contributed by atoms with van der Waals surface area (Å²) in [5.74, 6) is -1.68. The van der Waals surface area contributed by atoms with Crippen LogP contribution in [0, 0.1) is 5.92 Å². The Balaban J connectivity index is 2.13. The molecule has 1 amide bonds. The quantitative estimate of drug-likeness (QED) is 0.921. The molecule has 0 aliphatic carbocycles. The van der Waals surface area contributed by atoms with E-state index in [1.165, 1.54) is 4.90 Å². The minimum absolute atomic E-state index is 0.00984. The lowest BCUT2D eigenvalue weighted by Crippen LogP contribution is -2.41. The second kappa shape index (κ2) is 6.97. The van der Waals surface area contributed by atoms with E-state index in [2.05, 4.69) is 4.98 Å². The first kappa shape index (κ1) is 17.2. The number of pyridine rings is 1. The van der Waals surface area contributed by atoms with Gasteiger partial charge < -0.3 is 10.0 Å². The molecule has 5 nitrogen and oxygen atoms in total. The van der Waals surface area contributed by atoms with Crippen molar-refractivity contribution in [1.29, 1.82) is 0 Å². The van der Waals surface area contributed by atoms with Gasteiger partial charge in [-0.1, -0.05) is 0 Å². The maximum atomic E-state index is 13.0. The molecule has 2 heterocycles. The highest BCUT2D eigenvalue weighted by Crippen LogP contribution is 2.32. The molecule has 23 heavy (non-hydrogen) atoms. The normalized spacial score (nSPS) is 18.7. The second-order valence-electron chi connectivity index (χ2n) is 5.59. The molecule has 0 unspecified atom stereocenters. The predicted octanol–water partition coefficient (Wildman–Crippen LogP) is 2.82. The molecule has 2 rings (SSSR count). The summed E-state index contributed by atoms with van der Waals surface area (Å²) in [5, 5.41) is 8.71. The molecule has 1 N–H and O–H groups in total. The Morgan fingerprint density at radius 3 is 2.78 bits per heavy atom. The van der Waals surface area contributed by atoms with Crippen molar-refractivity contribution >= 4 is 11.9 Å². The van der Waals surface area contributed by atoms with Crippen LogP contribution in [0.3, 0.4) is 0 Å². The second-order valence-corrected chi connectivity index (χ2v) is 5.59. The highest BCUT2D eigenvalue weighted by molar-refractivity contribution is 5.94. The fourth-order valence-corrected chi connectivity index (χ4v) is 2.77. The zero-order chi connectivity index (χ0) is 17.0. The number of piperidine rings is 1. The molecule has 0 spiro atoms. The monoisotopic (exact) mass is 330 g/mol. The largest absolute Gasteiger partial charge is 0.481 e. The lowest BCUT2D eigenvalue weighted by molar-refractivity contribution is -0.139. The molecule has 0 saturated carbocycles. The fraction of sp³-hybridized carbons (Fsp3) is 0.533. The van der Waals surface area contributed by atoms with Crippen molar-refractivity contribution < 1.29 is 27.9 Å². The van der Waals surface area contributed by atoms with Crippen molar-refractivity contribution in [2.45, 2.75) is 31.9 Å². The van der Waals surface area contributed by atoms with Crippen LogP contribution in [-0.2, 0) is 11.0 Å². The summed E-state index contributed by atoms with van der Waals surface area (Å²) in [6.07, 6.45) is -1.67. The number of likely N-dealkylation sites (tertiary alicyclic amines) is 1. The van der Waals surface area contributed by atoms with Gasteiger partial charge in [-0.05, 0) is 37.3 Å². The number of carboxylic acids is 1. The third-order valence-electron chi connectivity index (χ3n) is 3.89. The van der Waals surface area contributed by atoms with E-state index in [1.54, 1.807) is 0 Å². The molecule has 1 saturated heterocycles. The molecule has 0 aromatic carbocycles. The van der Waals surface area contributed by atoms with Gasteiger partial charge in [-0.3, -0.25) is 14.6 Å². The van der Waals surface area contributed by atoms with Gasteiger partial charge in [-0.2, -0.15) is 13.2 Å². The van der Waals surface area contributed by atoms with Crippen LogP contribution in [0.25, 0.3) is 0 Å². The highest BCUT2D eigenvalue weighted by Gasteiger charge is 2.37. The Morgan fingerprint density at radius 2 is 2.13 bits per heavy atom. The minimum Gasteiger partial charge on any atom is -0.481 e. The van der Waals surface area contributed by atoms with Crippen LogP contribution in [0.4, 0.5) is 13.2 Å². The molecule has 8 heteroatoms. The first-order chi connectivity index (χ1) is 10.8. The SMILES string of the molecule is O=C(O)CC[C@@H]1CCCN(C(=O)c2ncccc2C(F)(F)F)C1. The minimum atomic E-state index is -4.64. The summed E-state index contributed by atoms with van der Waals surface area (Å²) in [4.78, 5) is 28.0. The van der Waals surface area contributed by atoms with E-state index < -0.39 is 29.3 Å². The number of carbonyl (C=O) groups is 2. The first-order valence-corrected chi connectivity index (χ1v) is 7.32. The maximum Gasteiger partial charge on any atom is 0.418 e. The Morgan fingerprint density at radius 1 is 1.39 bits per heavy atom. The molecule has 1 aliphatic heterocycles. The van der Waals surface area contributed by atoms with Gasteiger partial charge in [0, 0.05) is 25.7 Å². The van der Waals surface area contributed by atoms with Crippen molar-refractivity contribution in [3.05, 3.63) is 29.6 Å². The number of hydrogen-bond acceptors (Lipinski definition) is 3. The fourth-order valence-electron chi connectivity index (χ4n) is 2.77. The van der Waals surface area contributed by atoms with E-state index in [0.29, 0.717) is 19.4 Å². The van der Waals surface area contributed by atoms with Gasteiger partial charge in [0.1, 0.15) is 5.69 Å². The average Bonchev–Trinajstić information content (AvgIpc) is 2.51. The van der Waals surface area contributed by atoms with E-state index in [-0.39, 0.29) is 18.9 Å². The van der Waals surface area contributed by atoms with Gasteiger partial charge in [0.15, 0.2) is 0 Å². The number of amides is 1. The Bertz CT molecular complexity index is 590. The van der Waals surface area contributed by atoms with Gasteiger partial charge in [0.2, 0.25) is 0 Å². The number of halogens is 3. The predicted molar refractivity (Wildman–Crippen MR) is 74.7 cm³/mol. The average molecular weight is 330 g/mol. The van der Waals surface area contributed by atoms with Crippen molar-refractivity contribution in [3.8, 4) is 0 Å². The van der Waals surface area contributed by atoms with Gasteiger partial charge in [-0.15, -0.1) is 0 Å². The van der Waals surface area contributed by atoms with Crippen LogP contribution >= 0.6 is 0 Å². The van der Waals surface area contributed by atoms with Crippen LogP contribution in [0.5, 0.6) is 0 Å². The van der Waals surface area contributed by atoms with E-state index in [0.717, 1.165) is 24.8 Å². The standard InChI is InChI=1S/C15H17F3N2O3/c16-15(17,18)11-4-1-7-19-13(11)14(23)20-8-2-3-10(9-20)5-6-12(21)22/h1,4,7,10H,2-3,5-6,8-9H2,(H,21,22)/t10-/m0/s1. The summed E-state index contributed by atoms with van der Waals surface area (Å²) in [5.41, 5.74) is -1.64. The van der Waals surface area contributed by atoms with E-state index in [9.17, 15) is 22.8 Å². The van der Waals surface area contributed by atoms with Crippen molar-refractivity contribution in [1.82, 2.24) is 9.88 Å².